The van der Waals surface area contributed by atoms with Crippen LogP contribution in [0.4, 0.5) is 5.69 Å². The van der Waals surface area contributed by atoms with Crippen molar-refractivity contribution in [3.05, 3.63) is 64.1 Å². The third kappa shape index (κ3) is 3.89. The van der Waals surface area contributed by atoms with Crippen molar-refractivity contribution in [3.63, 3.8) is 0 Å². The molecule has 3 aromatic rings. The van der Waals surface area contributed by atoms with Crippen molar-refractivity contribution in [1.29, 1.82) is 10.5 Å². The summed E-state index contributed by atoms with van der Waals surface area (Å²) < 4.78 is 1.57. The number of anilines is 1. The van der Waals surface area contributed by atoms with E-state index in [0.717, 1.165) is 5.69 Å². The van der Waals surface area contributed by atoms with Crippen LogP contribution in [0.15, 0.2) is 42.0 Å². The van der Waals surface area contributed by atoms with E-state index in [1.807, 2.05) is 47.9 Å². The third-order valence-corrected chi connectivity index (χ3v) is 4.25. The van der Waals surface area contributed by atoms with Crippen LogP contribution < -0.4 is 5.32 Å². The first-order valence-corrected chi connectivity index (χ1v) is 8.21. The maximum Gasteiger partial charge on any atom is 0.231 e. The average molecular weight is 348 g/mol. The van der Waals surface area contributed by atoms with Crippen LogP contribution in [0.1, 0.15) is 22.1 Å². The summed E-state index contributed by atoms with van der Waals surface area (Å²) in [4.78, 5) is 20.4. The fraction of sp³-hybridized carbons (Fsp3) is 0.118. The predicted molar refractivity (Wildman–Crippen MR) is 91.6 cm³/mol. The molecule has 0 unspecified atom stereocenters. The van der Waals surface area contributed by atoms with Crippen LogP contribution in [0, 0.1) is 22.7 Å². The first kappa shape index (κ1) is 16.4. The smallest absolute Gasteiger partial charge is 0.231 e. The van der Waals surface area contributed by atoms with Gasteiger partial charge in [0, 0.05) is 11.1 Å². The lowest BCUT2D eigenvalue weighted by atomic mass is 10.3. The zero-order chi connectivity index (χ0) is 17.6. The molecule has 1 aromatic carbocycles. The van der Waals surface area contributed by atoms with Crippen molar-refractivity contribution in [1.82, 2.24) is 14.5 Å². The van der Waals surface area contributed by atoms with E-state index >= 15 is 0 Å². The van der Waals surface area contributed by atoms with E-state index in [1.165, 1.54) is 17.7 Å². The molecule has 0 saturated heterocycles. The molecule has 0 aliphatic heterocycles. The molecule has 0 aliphatic carbocycles. The van der Waals surface area contributed by atoms with Gasteiger partial charge < -0.3 is 9.88 Å². The molecule has 2 heterocycles. The SMILES string of the molecule is N#Cc1ncn(Cc2csc(CC(=O)Nc3ccccc3)n2)c1C#N. The Morgan fingerprint density at radius 2 is 2.04 bits per heavy atom. The number of carbonyl (C=O) groups is 1. The van der Waals surface area contributed by atoms with Crippen LogP contribution in [0.25, 0.3) is 0 Å². The van der Waals surface area contributed by atoms with Gasteiger partial charge >= 0.3 is 0 Å². The van der Waals surface area contributed by atoms with Crippen LogP contribution in [0.3, 0.4) is 0 Å². The van der Waals surface area contributed by atoms with E-state index in [4.69, 9.17) is 10.5 Å². The zero-order valence-corrected chi connectivity index (χ0v) is 13.8. The molecule has 122 valence electrons. The molecule has 1 N–H and O–H groups in total. The van der Waals surface area contributed by atoms with Gasteiger partial charge in [0.05, 0.1) is 25.0 Å². The Balaban J connectivity index is 1.65. The van der Waals surface area contributed by atoms with E-state index < -0.39 is 0 Å². The second-order valence-corrected chi connectivity index (χ2v) is 6.06. The number of hydrogen-bond acceptors (Lipinski definition) is 6. The van der Waals surface area contributed by atoms with E-state index in [-0.39, 0.29) is 23.7 Å². The quantitative estimate of drug-likeness (QED) is 0.761. The number of nitrogens with one attached hydrogen (secondary N) is 1. The number of amides is 1. The molecule has 1 amide bonds. The van der Waals surface area contributed by atoms with Crippen LogP contribution in [0.5, 0.6) is 0 Å². The van der Waals surface area contributed by atoms with E-state index in [9.17, 15) is 4.79 Å². The summed E-state index contributed by atoms with van der Waals surface area (Å²) in [6, 6.07) is 13.1. The number of hydrogen-bond donors (Lipinski definition) is 1. The monoisotopic (exact) mass is 348 g/mol. The van der Waals surface area contributed by atoms with Crippen molar-refractivity contribution in [3.8, 4) is 12.1 Å². The van der Waals surface area contributed by atoms with Gasteiger partial charge in [-0.1, -0.05) is 18.2 Å². The minimum Gasteiger partial charge on any atom is -0.326 e. The van der Waals surface area contributed by atoms with Crippen LogP contribution in [-0.4, -0.2) is 20.4 Å². The largest absolute Gasteiger partial charge is 0.326 e. The lowest BCUT2D eigenvalue weighted by Gasteiger charge is -2.03. The van der Waals surface area contributed by atoms with E-state index in [1.54, 1.807) is 4.57 Å². The first-order chi connectivity index (χ1) is 12.2. The highest BCUT2D eigenvalue weighted by molar-refractivity contribution is 7.09. The second kappa shape index (κ2) is 7.39. The molecular weight excluding hydrogens is 336 g/mol. The molecule has 25 heavy (non-hydrogen) atoms. The number of rotatable bonds is 5. The van der Waals surface area contributed by atoms with Crippen LogP contribution in [0.2, 0.25) is 0 Å². The molecule has 2 aromatic heterocycles. The van der Waals surface area contributed by atoms with Crippen LogP contribution >= 0.6 is 11.3 Å². The second-order valence-electron chi connectivity index (χ2n) is 5.12. The summed E-state index contributed by atoms with van der Waals surface area (Å²) in [5.74, 6) is -0.140. The number of imidazole rings is 1. The maximum atomic E-state index is 12.1. The van der Waals surface area contributed by atoms with Crippen molar-refractivity contribution in [2.45, 2.75) is 13.0 Å². The zero-order valence-electron chi connectivity index (χ0n) is 13.0. The Morgan fingerprint density at radius 3 is 2.76 bits per heavy atom. The molecule has 3 rings (SSSR count). The summed E-state index contributed by atoms with van der Waals surface area (Å²) in [5, 5.41) is 23.4. The highest BCUT2D eigenvalue weighted by Gasteiger charge is 2.13. The lowest BCUT2D eigenvalue weighted by Crippen LogP contribution is -2.14. The number of benzene rings is 1. The van der Waals surface area contributed by atoms with Gasteiger partial charge in [0.2, 0.25) is 5.91 Å². The molecule has 0 aliphatic rings. The Kier molecular flexibility index (Phi) is 4.84. The van der Waals surface area contributed by atoms with Gasteiger partial charge in [-0.3, -0.25) is 4.79 Å². The minimum atomic E-state index is -0.140. The Hall–Kier alpha value is -3.49. The van der Waals surface area contributed by atoms with Gasteiger partial charge in [-0.15, -0.1) is 11.3 Å². The number of carbonyl (C=O) groups excluding carboxylic acids is 1. The highest BCUT2D eigenvalue weighted by Crippen LogP contribution is 2.15. The van der Waals surface area contributed by atoms with Gasteiger partial charge in [0.15, 0.2) is 11.4 Å². The predicted octanol–water partition coefficient (Wildman–Crippen LogP) is 2.31. The van der Waals surface area contributed by atoms with Gasteiger partial charge in [0.25, 0.3) is 0 Å². The average Bonchev–Trinajstić information content (AvgIpc) is 3.22. The molecular formula is C17H12N6OS. The van der Waals surface area contributed by atoms with Gasteiger partial charge in [-0.05, 0) is 12.1 Å². The summed E-state index contributed by atoms with van der Waals surface area (Å²) in [7, 11) is 0. The van der Waals surface area contributed by atoms with Gasteiger partial charge in [-0.25, -0.2) is 9.97 Å². The van der Waals surface area contributed by atoms with Crippen molar-refractivity contribution in [2.75, 3.05) is 5.32 Å². The molecule has 8 heteroatoms. The number of thiazole rings is 1. The minimum absolute atomic E-state index is 0.0974. The third-order valence-electron chi connectivity index (χ3n) is 3.35. The van der Waals surface area contributed by atoms with E-state index in [0.29, 0.717) is 17.2 Å². The number of aromatic nitrogens is 3. The van der Waals surface area contributed by atoms with Crippen LogP contribution in [-0.2, 0) is 17.8 Å². The van der Waals surface area contributed by atoms with Crippen molar-refractivity contribution in [2.24, 2.45) is 0 Å². The molecule has 0 saturated carbocycles. The fourth-order valence-corrected chi connectivity index (χ4v) is 3.03. The number of nitrogens with zero attached hydrogens (tertiary/aromatic N) is 5. The highest BCUT2D eigenvalue weighted by atomic mass is 32.1. The standard InChI is InChI=1S/C17H12N6OS/c18-7-14-15(8-19)23(11-20-14)9-13-10-25-17(22-13)6-16(24)21-12-4-2-1-3-5-12/h1-5,10-11H,6,9H2,(H,21,24). The normalized spacial score (nSPS) is 10.0. The molecule has 7 nitrogen and oxygen atoms in total. The molecule has 0 fully saturated rings. The number of para-hydroxylation sites is 1. The van der Waals surface area contributed by atoms with Crippen molar-refractivity contribution >= 4 is 22.9 Å². The molecule has 0 spiro atoms. The number of nitriles is 2. The summed E-state index contributed by atoms with van der Waals surface area (Å²) in [6.45, 7) is 0.328. The summed E-state index contributed by atoms with van der Waals surface area (Å²) in [5.41, 5.74) is 1.76. The summed E-state index contributed by atoms with van der Waals surface area (Å²) in [6.07, 6.45) is 1.62. The molecule has 0 bridgehead atoms. The van der Waals surface area contributed by atoms with E-state index in [2.05, 4.69) is 15.3 Å². The Morgan fingerprint density at radius 1 is 1.24 bits per heavy atom. The lowest BCUT2D eigenvalue weighted by molar-refractivity contribution is -0.115. The maximum absolute atomic E-state index is 12.1. The first-order valence-electron chi connectivity index (χ1n) is 7.33. The topological polar surface area (TPSA) is 107 Å². The Bertz CT molecular complexity index is 977. The van der Waals surface area contributed by atoms with Gasteiger partial charge in [0.1, 0.15) is 17.1 Å². The Labute approximate surface area is 147 Å². The van der Waals surface area contributed by atoms with Crippen molar-refractivity contribution < 1.29 is 4.79 Å². The fourth-order valence-electron chi connectivity index (χ4n) is 2.24. The molecule has 0 radical (unpaired) electrons. The molecule has 0 atom stereocenters. The summed E-state index contributed by atoms with van der Waals surface area (Å²) >= 11 is 1.38. The van der Waals surface area contributed by atoms with Gasteiger partial charge in [-0.2, -0.15) is 10.5 Å².